The average molecular weight is 283 g/mol. The number of nitrogens with two attached hydrogens (primary N) is 1. The van der Waals surface area contributed by atoms with E-state index in [1.165, 1.54) is 0 Å². The van der Waals surface area contributed by atoms with Crippen LogP contribution in [-0.2, 0) is 9.59 Å². The Morgan fingerprint density at radius 1 is 1.30 bits per heavy atom. The number of carbonyl (C=O) groups excluding carboxylic acids is 2. The second-order valence-corrected chi connectivity index (χ2v) is 6.03. The maximum absolute atomic E-state index is 12.1. The van der Waals surface area contributed by atoms with Gasteiger partial charge in [0.15, 0.2) is 0 Å². The van der Waals surface area contributed by atoms with E-state index in [1.54, 1.807) is 0 Å². The maximum Gasteiger partial charge on any atom is 0.222 e. The first kappa shape index (κ1) is 17.0. The molecule has 1 aliphatic rings. The minimum atomic E-state index is 0.0181. The predicted octanol–water partition coefficient (Wildman–Crippen LogP) is 1.12. The zero-order valence-electron chi connectivity index (χ0n) is 13.0. The summed E-state index contributed by atoms with van der Waals surface area (Å²) in [6.07, 6.45) is 3.20. The molecule has 0 bridgehead atoms. The Morgan fingerprint density at radius 3 is 2.35 bits per heavy atom. The van der Waals surface area contributed by atoms with Crippen LogP contribution in [0, 0.1) is 11.8 Å². The number of hydrogen-bond acceptors (Lipinski definition) is 3. The number of amides is 2. The van der Waals surface area contributed by atoms with E-state index in [-0.39, 0.29) is 23.8 Å². The van der Waals surface area contributed by atoms with Crippen molar-refractivity contribution >= 4 is 11.8 Å². The summed E-state index contributed by atoms with van der Waals surface area (Å²) in [4.78, 5) is 25.7. The molecule has 1 unspecified atom stereocenters. The van der Waals surface area contributed by atoms with Crippen LogP contribution < -0.4 is 11.1 Å². The summed E-state index contributed by atoms with van der Waals surface area (Å²) in [7, 11) is 0. The van der Waals surface area contributed by atoms with Gasteiger partial charge in [0.05, 0.1) is 0 Å². The predicted molar refractivity (Wildman–Crippen MR) is 80.0 cm³/mol. The minimum absolute atomic E-state index is 0.0181. The SMILES string of the molecule is CCC(CN)CC(=O)N1CCC(NC(=O)C(C)C)CC1. The number of carbonyl (C=O) groups is 2. The number of likely N-dealkylation sites (tertiary alicyclic amines) is 1. The zero-order valence-corrected chi connectivity index (χ0v) is 13.0. The molecule has 0 spiro atoms. The summed E-state index contributed by atoms with van der Waals surface area (Å²) in [5.74, 6) is 0.616. The van der Waals surface area contributed by atoms with Crippen LogP contribution in [0.3, 0.4) is 0 Å². The van der Waals surface area contributed by atoms with E-state index in [0.29, 0.717) is 18.9 Å². The molecule has 0 aliphatic carbocycles. The van der Waals surface area contributed by atoms with Crippen molar-refractivity contribution in [3.05, 3.63) is 0 Å². The molecule has 1 aliphatic heterocycles. The molecule has 20 heavy (non-hydrogen) atoms. The third-order valence-electron chi connectivity index (χ3n) is 4.09. The van der Waals surface area contributed by atoms with Crippen LogP contribution >= 0.6 is 0 Å². The van der Waals surface area contributed by atoms with Crippen LogP contribution in [-0.4, -0.2) is 42.4 Å². The van der Waals surface area contributed by atoms with E-state index < -0.39 is 0 Å². The number of nitrogens with zero attached hydrogens (tertiary/aromatic N) is 1. The molecule has 1 fully saturated rings. The van der Waals surface area contributed by atoms with Crippen molar-refractivity contribution < 1.29 is 9.59 Å². The Balaban J connectivity index is 2.34. The second kappa shape index (κ2) is 8.25. The quantitative estimate of drug-likeness (QED) is 0.767. The summed E-state index contributed by atoms with van der Waals surface area (Å²) in [5.41, 5.74) is 5.65. The highest BCUT2D eigenvalue weighted by Crippen LogP contribution is 2.15. The third-order valence-corrected chi connectivity index (χ3v) is 4.09. The summed E-state index contributed by atoms with van der Waals surface area (Å²) in [6.45, 7) is 7.91. The van der Waals surface area contributed by atoms with E-state index in [9.17, 15) is 9.59 Å². The van der Waals surface area contributed by atoms with Crippen LogP contribution in [0.2, 0.25) is 0 Å². The van der Waals surface area contributed by atoms with E-state index in [0.717, 1.165) is 32.4 Å². The summed E-state index contributed by atoms with van der Waals surface area (Å²) >= 11 is 0. The Morgan fingerprint density at radius 2 is 1.90 bits per heavy atom. The molecule has 5 nitrogen and oxygen atoms in total. The minimum Gasteiger partial charge on any atom is -0.353 e. The van der Waals surface area contributed by atoms with Gasteiger partial charge in [-0.15, -0.1) is 0 Å². The van der Waals surface area contributed by atoms with Gasteiger partial charge in [0.1, 0.15) is 0 Å². The number of piperidine rings is 1. The smallest absolute Gasteiger partial charge is 0.222 e. The monoisotopic (exact) mass is 283 g/mol. The molecule has 0 aromatic heterocycles. The molecule has 1 rings (SSSR count). The molecular weight excluding hydrogens is 254 g/mol. The van der Waals surface area contributed by atoms with Crippen molar-refractivity contribution in [3.63, 3.8) is 0 Å². The van der Waals surface area contributed by atoms with Crippen LogP contribution in [0.15, 0.2) is 0 Å². The molecule has 1 heterocycles. The topological polar surface area (TPSA) is 75.4 Å². The van der Waals surface area contributed by atoms with Crippen LogP contribution in [0.1, 0.15) is 46.5 Å². The van der Waals surface area contributed by atoms with Crippen molar-refractivity contribution in [3.8, 4) is 0 Å². The Labute approximate surface area is 122 Å². The fraction of sp³-hybridized carbons (Fsp3) is 0.867. The lowest BCUT2D eigenvalue weighted by molar-refractivity contribution is -0.133. The molecule has 1 saturated heterocycles. The standard InChI is InChI=1S/C15H29N3O2/c1-4-12(10-16)9-14(19)18-7-5-13(6-8-18)17-15(20)11(2)3/h11-13H,4-10,16H2,1-3H3,(H,17,20). The maximum atomic E-state index is 12.1. The highest BCUT2D eigenvalue weighted by molar-refractivity contribution is 5.78. The average Bonchev–Trinajstić information content (AvgIpc) is 2.45. The summed E-state index contributed by atoms with van der Waals surface area (Å²) in [5, 5.41) is 3.04. The molecule has 0 aromatic carbocycles. The van der Waals surface area contributed by atoms with Crippen LogP contribution in [0.4, 0.5) is 0 Å². The van der Waals surface area contributed by atoms with Crippen molar-refractivity contribution in [2.45, 2.75) is 52.5 Å². The lowest BCUT2D eigenvalue weighted by Crippen LogP contribution is -2.47. The molecular formula is C15H29N3O2. The van der Waals surface area contributed by atoms with Gasteiger partial charge in [-0.3, -0.25) is 9.59 Å². The number of nitrogens with one attached hydrogen (secondary N) is 1. The Kier molecular flexibility index (Phi) is 6.99. The molecule has 0 radical (unpaired) electrons. The first-order valence-corrected chi connectivity index (χ1v) is 7.76. The van der Waals surface area contributed by atoms with Gasteiger partial charge in [0.2, 0.25) is 11.8 Å². The largest absolute Gasteiger partial charge is 0.353 e. The van der Waals surface area contributed by atoms with Gasteiger partial charge in [0, 0.05) is 31.5 Å². The highest BCUT2D eigenvalue weighted by atomic mass is 16.2. The fourth-order valence-electron chi connectivity index (χ4n) is 2.41. The van der Waals surface area contributed by atoms with Crippen LogP contribution in [0.5, 0.6) is 0 Å². The van der Waals surface area contributed by atoms with E-state index >= 15 is 0 Å². The normalized spacial score (nSPS) is 18.1. The molecule has 5 heteroatoms. The Hall–Kier alpha value is -1.10. The van der Waals surface area contributed by atoms with Crippen molar-refractivity contribution in [2.24, 2.45) is 17.6 Å². The van der Waals surface area contributed by atoms with Gasteiger partial charge >= 0.3 is 0 Å². The van der Waals surface area contributed by atoms with Gasteiger partial charge in [0.25, 0.3) is 0 Å². The van der Waals surface area contributed by atoms with Gasteiger partial charge in [-0.25, -0.2) is 0 Å². The zero-order chi connectivity index (χ0) is 15.1. The highest BCUT2D eigenvalue weighted by Gasteiger charge is 2.25. The molecule has 0 saturated carbocycles. The van der Waals surface area contributed by atoms with Gasteiger partial charge in [-0.1, -0.05) is 27.2 Å². The van der Waals surface area contributed by atoms with Gasteiger partial charge in [-0.2, -0.15) is 0 Å². The first-order valence-electron chi connectivity index (χ1n) is 7.76. The molecule has 1 atom stereocenters. The van der Waals surface area contributed by atoms with Gasteiger partial charge in [-0.05, 0) is 25.3 Å². The van der Waals surface area contributed by atoms with Crippen molar-refractivity contribution in [2.75, 3.05) is 19.6 Å². The third kappa shape index (κ3) is 5.12. The lowest BCUT2D eigenvalue weighted by Gasteiger charge is -2.33. The molecule has 2 amide bonds. The van der Waals surface area contributed by atoms with Crippen molar-refractivity contribution in [1.29, 1.82) is 0 Å². The molecule has 3 N–H and O–H groups in total. The van der Waals surface area contributed by atoms with E-state index in [2.05, 4.69) is 12.2 Å². The van der Waals surface area contributed by atoms with E-state index in [4.69, 9.17) is 5.73 Å². The summed E-state index contributed by atoms with van der Waals surface area (Å²) in [6, 6.07) is 0.213. The van der Waals surface area contributed by atoms with Crippen molar-refractivity contribution in [1.82, 2.24) is 10.2 Å². The van der Waals surface area contributed by atoms with E-state index in [1.807, 2.05) is 18.7 Å². The molecule has 0 aromatic rings. The van der Waals surface area contributed by atoms with Crippen LogP contribution in [0.25, 0.3) is 0 Å². The number of hydrogen-bond donors (Lipinski definition) is 2. The molecule has 116 valence electrons. The summed E-state index contributed by atoms with van der Waals surface area (Å²) < 4.78 is 0. The number of rotatable bonds is 6. The lowest BCUT2D eigenvalue weighted by atomic mass is 9.99. The fourth-order valence-corrected chi connectivity index (χ4v) is 2.41. The first-order chi connectivity index (χ1) is 9.47. The Bertz CT molecular complexity index is 319. The van der Waals surface area contributed by atoms with Gasteiger partial charge < -0.3 is 16.0 Å². The second-order valence-electron chi connectivity index (χ2n) is 6.03.